The van der Waals surface area contributed by atoms with Crippen LogP contribution in [0.4, 0.5) is 0 Å². The second kappa shape index (κ2) is 7.60. The Hall–Kier alpha value is -0.940. The van der Waals surface area contributed by atoms with Gasteiger partial charge in [-0.05, 0) is 37.6 Å². The van der Waals surface area contributed by atoms with Crippen LogP contribution in [0, 0.1) is 11.8 Å². The quantitative estimate of drug-likeness (QED) is 0.820. The molecule has 0 aromatic carbocycles. The van der Waals surface area contributed by atoms with Gasteiger partial charge in [0.15, 0.2) is 5.82 Å². The van der Waals surface area contributed by atoms with E-state index in [-0.39, 0.29) is 0 Å². The molecule has 1 aromatic heterocycles. The molecule has 2 atom stereocenters. The highest BCUT2D eigenvalue weighted by Gasteiger charge is 2.24. The summed E-state index contributed by atoms with van der Waals surface area (Å²) in [6.45, 7) is 4.08. The minimum Gasteiger partial charge on any atom is -0.373 e. The van der Waals surface area contributed by atoms with E-state index in [1.54, 1.807) is 0 Å². The monoisotopic (exact) mass is 267 g/mol. The fourth-order valence-electron chi connectivity index (χ4n) is 2.78. The first-order valence-corrected chi connectivity index (χ1v) is 7.42. The molecule has 2 N–H and O–H groups in total. The smallest absolute Gasteiger partial charge is 0.226 e. The lowest BCUT2D eigenvalue weighted by molar-refractivity contribution is 0.0472. The zero-order valence-corrected chi connectivity index (χ0v) is 11.8. The van der Waals surface area contributed by atoms with Crippen molar-refractivity contribution in [1.82, 2.24) is 10.1 Å². The van der Waals surface area contributed by atoms with Gasteiger partial charge >= 0.3 is 0 Å². The number of nitrogens with zero attached hydrogens (tertiary/aromatic N) is 2. The van der Waals surface area contributed by atoms with Crippen LogP contribution in [0.15, 0.2) is 4.52 Å². The maximum atomic E-state index is 5.82. The second-order valence-electron chi connectivity index (χ2n) is 5.41. The molecule has 0 bridgehead atoms. The molecular weight excluding hydrogens is 242 g/mol. The third-order valence-electron chi connectivity index (χ3n) is 3.91. The second-order valence-corrected chi connectivity index (χ2v) is 5.41. The topological polar surface area (TPSA) is 74.2 Å². The fourth-order valence-corrected chi connectivity index (χ4v) is 2.78. The number of hydrogen-bond donors (Lipinski definition) is 1. The first-order valence-electron chi connectivity index (χ1n) is 7.42. The Morgan fingerprint density at radius 1 is 1.32 bits per heavy atom. The Morgan fingerprint density at radius 3 is 2.84 bits per heavy atom. The van der Waals surface area contributed by atoms with Crippen LogP contribution < -0.4 is 5.73 Å². The van der Waals surface area contributed by atoms with Crippen molar-refractivity contribution in [2.24, 2.45) is 17.6 Å². The number of nitrogens with two attached hydrogens (primary N) is 1. The highest BCUT2D eigenvalue weighted by Crippen LogP contribution is 2.29. The summed E-state index contributed by atoms with van der Waals surface area (Å²) in [5.41, 5.74) is 5.82. The molecule has 1 heterocycles. The Morgan fingerprint density at radius 2 is 2.11 bits per heavy atom. The Kier molecular flexibility index (Phi) is 5.79. The molecular formula is C14H25N3O2. The van der Waals surface area contributed by atoms with E-state index in [9.17, 15) is 0 Å². The third kappa shape index (κ3) is 4.28. The molecule has 5 heteroatoms. The molecule has 108 valence electrons. The summed E-state index contributed by atoms with van der Waals surface area (Å²) in [5, 5.41) is 3.92. The van der Waals surface area contributed by atoms with Crippen LogP contribution in [-0.4, -0.2) is 23.3 Å². The van der Waals surface area contributed by atoms with Gasteiger partial charge in [-0.3, -0.25) is 0 Å². The van der Waals surface area contributed by atoms with Crippen LogP contribution in [0.2, 0.25) is 0 Å². The van der Waals surface area contributed by atoms with Crippen LogP contribution >= 0.6 is 0 Å². The Bertz CT molecular complexity index is 367. The highest BCUT2D eigenvalue weighted by atomic mass is 16.5. The molecule has 19 heavy (non-hydrogen) atoms. The predicted molar refractivity (Wildman–Crippen MR) is 72.5 cm³/mol. The lowest BCUT2D eigenvalue weighted by atomic mass is 9.80. The minimum absolute atomic E-state index is 0.445. The number of hydrogen-bond acceptors (Lipinski definition) is 5. The molecule has 5 nitrogen and oxygen atoms in total. The summed E-state index contributed by atoms with van der Waals surface area (Å²) < 4.78 is 10.9. The molecule has 0 aliphatic heterocycles. The maximum absolute atomic E-state index is 5.82. The molecule has 0 radical (unpaired) electrons. The van der Waals surface area contributed by atoms with E-state index in [2.05, 4.69) is 17.1 Å². The van der Waals surface area contributed by atoms with Crippen LogP contribution in [0.1, 0.15) is 50.7 Å². The summed E-state index contributed by atoms with van der Waals surface area (Å²) in [7, 11) is 0. The van der Waals surface area contributed by atoms with Crippen molar-refractivity contribution in [2.75, 3.05) is 13.2 Å². The van der Waals surface area contributed by atoms with Crippen LogP contribution in [0.5, 0.6) is 0 Å². The molecule has 1 saturated carbocycles. The van der Waals surface area contributed by atoms with Crippen molar-refractivity contribution >= 4 is 0 Å². The normalized spacial score (nSPS) is 23.7. The molecule has 2 rings (SSSR count). The van der Waals surface area contributed by atoms with Crippen molar-refractivity contribution in [1.29, 1.82) is 0 Å². The summed E-state index contributed by atoms with van der Waals surface area (Å²) in [6, 6.07) is 0. The molecule has 1 aliphatic carbocycles. The van der Waals surface area contributed by atoms with Gasteiger partial charge < -0.3 is 15.0 Å². The van der Waals surface area contributed by atoms with Crippen molar-refractivity contribution in [3.63, 3.8) is 0 Å². The largest absolute Gasteiger partial charge is 0.373 e. The van der Waals surface area contributed by atoms with Crippen molar-refractivity contribution in [3.8, 4) is 0 Å². The van der Waals surface area contributed by atoms with Crippen molar-refractivity contribution in [3.05, 3.63) is 11.7 Å². The summed E-state index contributed by atoms with van der Waals surface area (Å²) in [6.07, 6.45) is 6.94. The lowest BCUT2D eigenvalue weighted by Crippen LogP contribution is -2.29. The van der Waals surface area contributed by atoms with Crippen LogP contribution in [0.25, 0.3) is 0 Å². The van der Waals surface area contributed by atoms with E-state index in [0.717, 1.165) is 26.0 Å². The van der Waals surface area contributed by atoms with Gasteiger partial charge in [-0.1, -0.05) is 24.9 Å². The first kappa shape index (κ1) is 14.5. The minimum atomic E-state index is 0.445. The van der Waals surface area contributed by atoms with E-state index >= 15 is 0 Å². The number of aryl methyl sites for hydroxylation is 1. The Balaban J connectivity index is 1.72. The Labute approximate surface area is 114 Å². The first-order chi connectivity index (χ1) is 9.33. The standard InChI is InChI=1S/C14H25N3O2/c1-2-5-14-16-13(17-19-14)10-18-9-12-7-4-3-6-11(12)8-15/h11-12H,2-10,15H2,1H3. The van der Waals surface area contributed by atoms with Gasteiger partial charge in [0.2, 0.25) is 5.89 Å². The van der Waals surface area contributed by atoms with E-state index in [4.69, 9.17) is 15.0 Å². The number of ether oxygens (including phenoxy) is 1. The molecule has 0 saturated heterocycles. The van der Waals surface area contributed by atoms with Crippen molar-refractivity contribution < 1.29 is 9.26 Å². The van der Waals surface area contributed by atoms with Gasteiger partial charge in [0.1, 0.15) is 6.61 Å². The van der Waals surface area contributed by atoms with Gasteiger partial charge in [0.25, 0.3) is 0 Å². The predicted octanol–water partition coefficient (Wildman–Crippen LogP) is 2.30. The molecule has 1 fully saturated rings. The number of rotatable bonds is 7. The molecule has 0 spiro atoms. The zero-order chi connectivity index (χ0) is 13.5. The van der Waals surface area contributed by atoms with Gasteiger partial charge in [-0.15, -0.1) is 0 Å². The lowest BCUT2D eigenvalue weighted by Gasteiger charge is -2.30. The van der Waals surface area contributed by atoms with E-state index in [1.165, 1.54) is 25.7 Å². The molecule has 1 aromatic rings. The SMILES string of the molecule is CCCc1nc(COCC2CCCCC2CN)no1. The van der Waals surface area contributed by atoms with Crippen LogP contribution in [-0.2, 0) is 17.8 Å². The third-order valence-corrected chi connectivity index (χ3v) is 3.91. The summed E-state index contributed by atoms with van der Waals surface area (Å²) >= 11 is 0. The summed E-state index contributed by atoms with van der Waals surface area (Å²) in [5.74, 6) is 2.58. The average Bonchev–Trinajstić information content (AvgIpc) is 2.87. The highest BCUT2D eigenvalue weighted by molar-refractivity contribution is 4.84. The van der Waals surface area contributed by atoms with Gasteiger partial charge in [0.05, 0.1) is 6.61 Å². The van der Waals surface area contributed by atoms with Gasteiger partial charge in [-0.25, -0.2) is 0 Å². The van der Waals surface area contributed by atoms with Gasteiger partial charge in [0, 0.05) is 6.42 Å². The average molecular weight is 267 g/mol. The number of aromatic nitrogens is 2. The van der Waals surface area contributed by atoms with Crippen LogP contribution in [0.3, 0.4) is 0 Å². The molecule has 1 aliphatic rings. The fraction of sp³-hybridized carbons (Fsp3) is 0.857. The van der Waals surface area contributed by atoms with Gasteiger partial charge in [-0.2, -0.15) is 4.98 Å². The van der Waals surface area contributed by atoms with E-state index in [0.29, 0.717) is 30.2 Å². The van der Waals surface area contributed by atoms with E-state index < -0.39 is 0 Å². The summed E-state index contributed by atoms with van der Waals surface area (Å²) in [4.78, 5) is 4.29. The maximum Gasteiger partial charge on any atom is 0.226 e. The van der Waals surface area contributed by atoms with Crippen molar-refractivity contribution in [2.45, 2.75) is 52.1 Å². The van der Waals surface area contributed by atoms with E-state index in [1.807, 2.05) is 0 Å². The zero-order valence-electron chi connectivity index (χ0n) is 11.8. The molecule has 0 amide bonds. The molecule has 2 unspecified atom stereocenters.